The van der Waals surface area contributed by atoms with Gasteiger partial charge in [0.2, 0.25) is 0 Å². The zero-order valence-electron chi connectivity index (χ0n) is 18.2. The van der Waals surface area contributed by atoms with Crippen LogP contribution >= 0.6 is 0 Å². The van der Waals surface area contributed by atoms with E-state index in [9.17, 15) is 18.8 Å². The molecule has 5 rings (SSSR count). The largest absolute Gasteiger partial charge is 0.364 e. The van der Waals surface area contributed by atoms with Gasteiger partial charge in [0.25, 0.3) is 17.4 Å². The van der Waals surface area contributed by atoms with Crippen molar-refractivity contribution in [3.8, 4) is 11.3 Å². The SMILES string of the molecule is NC(=O)c1[nH]n2c(=O)cc(-c3ccc(C4CCCCC4)cc3)nc2c1C(=O)N1CC(CF)C1. The molecule has 0 unspecified atom stereocenters. The van der Waals surface area contributed by atoms with Crippen molar-refractivity contribution >= 4 is 17.5 Å². The summed E-state index contributed by atoms with van der Waals surface area (Å²) in [7, 11) is 0. The maximum atomic E-state index is 13.1. The van der Waals surface area contributed by atoms with Crippen molar-refractivity contribution in [2.24, 2.45) is 11.7 Å². The van der Waals surface area contributed by atoms with Crippen molar-refractivity contribution in [1.82, 2.24) is 19.5 Å². The molecule has 1 aliphatic heterocycles. The molecular formula is C24H26FN5O3. The molecule has 2 amide bonds. The quantitative estimate of drug-likeness (QED) is 0.621. The van der Waals surface area contributed by atoms with Crippen LogP contribution in [0.1, 0.15) is 64.4 Å². The Morgan fingerprint density at radius 1 is 1.12 bits per heavy atom. The zero-order chi connectivity index (χ0) is 23.1. The van der Waals surface area contributed by atoms with E-state index < -0.39 is 24.0 Å². The van der Waals surface area contributed by atoms with E-state index in [1.165, 1.54) is 48.6 Å². The number of carbonyl (C=O) groups excluding carboxylic acids is 2. The number of amides is 2. The summed E-state index contributed by atoms with van der Waals surface area (Å²) in [6, 6.07) is 9.38. The minimum absolute atomic E-state index is 0.0383. The highest BCUT2D eigenvalue weighted by atomic mass is 19.1. The van der Waals surface area contributed by atoms with Crippen LogP contribution in [0.4, 0.5) is 4.39 Å². The maximum absolute atomic E-state index is 13.1. The molecule has 2 aromatic heterocycles. The highest BCUT2D eigenvalue weighted by Crippen LogP contribution is 2.33. The number of aromatic amines is 1. The van der Waals surface area contributed by atoms with Gasteiger partial charge in [-0.25, -0.2) is 9.50 Å². The van der Waals surface area contributed by atoms with Gasteiger partial charge in [-0.15, -0.1) is 0 Å². The molecule has 1 aromatic carbocycles. The zero-order valence-corrected chi connectivity index (χ0v) is 18.2. The van der Waals surface area contributed by atoms with Crippen LogP contribution in [0.3, 0.4) is 0 Å². The standard InChI is InChI=1S/C24H26FN5O3/c25-11-14-12-29(13-14)24(33)20-21(22(26)32)28-30-19(31)10-18(27-23(20)30)17-8-6-16(7-9-17)15-4-2-1-3-5-15/h6-10,14-15,28H,1-5,11-13H2,(H2,26,32). The van der Waals surface area contributed by atoms with Crippen molar-refractivity contribution in [2.45, 2.75) is 38.0 Å². The molecule has 0 atom stereocenters. The van der Waals surface area contributed by atoms with E-state index >= 15 is 0 Å². The number of halogens is 1. The average Bonchev–Trinajstić information content (AvgIpc) is 3.19. The Balaban J connectivity index is 1.54. The number of likely N-dealkylation sites (tertiary alicyclic amines) is 1. The maximum Gasteiger partial charge on any atom is 0.273 e. The van der Waals surface area contributed by atoms with Crippen molar-refractivity contribution in [3.63, 3.8) is 0 Å². The molecule has 3 N–H and O–H groups in total. The Bertz CT molecular complexity index is 1270. The fourth-order valence-electron chi connectivity index (χ4n) is 4.92. The van der Waals surface area contributed by atoms with Crippen LogP contribution in [0.25, 0.3) is 16.9 Å². The summed E-state index contributed by atoms with van der Waals surface area (Å²) < 4.78 is 13.9. The molecule has 2 fully saturated rings. The van der Waals surface area contributed by atoms with Crippen molar-refractivity contribution < 1.29 is 14.0 Å². The van der Waals surface area contributed by atoms with Crippen LogP contribution in [-0.4, -0.2) is 51.1 Å². The normalized spacial score (nSPS) is 17.3. The number of fused-ring (bicyclic) bond motifs is 1. The van der Waals surface area contributed by atoms with Gasteiger partial charge < -0.3 is 10.6 Å². The predicted octanol–water partition coefficient (Wildman–Crippen LogP) is 2.88. The summed E-state index contributed by atoms with van der Waals surface area (Å²) in [5.41, 5.74) is 7.25. The lowest BCUT2D eigenvalue weighted by Crippen LogP contribution is -2.51. The topological polar surface area (TPSA) is 114 Å². The van der Waals surface area contributed by atoms with E-state index in [2.05, 4.69) is 22.2 Å². The third-order valence-corrected chi connectivity index (χ3v) is 6.82. The van der Waals surface area contributed by atoms with Gasteiger partial charge in [0.1, 0.15) is 11.3 Å². The fraction of sp³-hybridized carbons (Fsp3) is 0.417. The number of H-pyrrole nitrogens is 1. The molecule has 1 saturated carbocycles. The van der Waals surface area contributed by atoms with Crippen LogP contribution in [0.2, 0.25) is 0 Å². The van der Waals surface area contributed by atoms with E-state index in [-0.39, 0.29) is 35.9 Å². The molecule has 3 heterocycles. The van der Waals surface area contributed by atoms with E-state index in [1.807, 2.05) is 12.1 Å². The van der Waals surface area contributed by atoms with Crippen molar-refractivity contribution in [1.29, 1.82) is 0 Å². The Labute approximate surface area is 189 Å². The van der Waals surface area contributed by atoms with E-state index in [0.717, 1.165) is 10.1 Å². The minimum atomic E-state index is -0.871. The number of alkyl halides is 1. The van der Waals surface area contributed by atoms with Gasteiger partial charge in [-0.3, -0.25) is 23.9 Å². The Hall–Kier alpha value is -3.49. The first-order valence-corrected chi connectivity index (χ1v) is 11.4. The number of aromatic nitrogens is 3. The predicted molar refractivity (Wildman–Crippen MR) is 121 cm³/mol. The summed E-state index contributed by atoms with van der Waals surface area (Å²) in [4.78, 5) is 43.9. The lowest BCUT2D eigenvalue weighted by Gasteiger charge is -2.37. The van der Waals surface area contributed by atoms with Crippen LogP contribution in [0, 0.1) is 5.92 Å². The number of nitrogens with zero attached hydrogens (tertiary/aromatic N) is 3. The van der Waals surface area contributed by atoms with E-state index in [1.54, 1.807) is 0 Å². The lowest BCUT2D eigenvalue weighted by atomic mass is 9.84. The van der Waals surface area contributed by atoms with Crippen molar-refractivity contribution in [3.05, 3.63) is 57.5 Å². The second-order valence-electron chi connectivity index (χ2n) is 9.05. The van der Waals surface area contributed by atoms with E-state index in [0.29, 0.717) is 11.6 Å². The van der Waals surface area contributed by atoms with E-state index in [4.69, 9.17) is 5.73 Å². The van der Waals surface area contributed by atoms with Gasteiger partial charge in [0, 0.05) is 30.6 Å². The number of benzene rings is 1. The van der Waals surface area contributed by atoms with Gasteiger partial charge in [-0.1, -0.05) is 43.5 Å². The third-order valence-electron chi connectivity index (χ3n) is 6.82. The molecule has 172 valence electrons. The van der Waals surface area contributed by atoms with Crippen LogP contribution in [-0.2, 0) is 0 Å². The number of hydrogen-bond acceptors (Lipinski definition) is 4. The van der Waals surface area contributed by atoms with Crippen molar-refractivity contribution in [2.75, 3.05) is 19.8 Å². The number of carbonyl (C=O) groups is 2. The Kier molecular flexibility index (Phi) is 5.47. The minimum Gasteiger partial charge on any atom is -0.364 e. The summed E-state index contributed by atoms with van der Waals surface area (Å²) in [5, 5.41) is 2.62. The first-order chi connectivity index (χ1) is 16.0. The molecular weight excluding hydrogens is 425 g/mol. The molecule has 33 heavy (non-hydrogen) atoms. The van der Waals surface area contributed by atoms with Crippen LogP contribution in [0.15, 0.2) is 35.1 Å². The van der Waals surface area contributed by atoms with Gasteiger partial charge in [0.15, 0.2) is 5.65 Å². The summed E-state index contributed by atoms with van der Waals surface area (Å²) in [5.74, 6) is -1.02. The number of rotatable bonds is 5. The fourth-order valence-corrected chi connectivity index (χ4v) is 4.92. The summed E-state index contributed by atoms with van der Waals surface area (Å²) >= 11 is 0. The van der Waals surface area contributed by atoms with Crippen LogP contribution < -0.4 is 11.3 Å². The van der Waals surface area contributed by atoms with Gasteiger partial charge in [0.05, 0.1) is 12.4 Å². The first-order valence-electron chi connectivity index (χ1n) is 11.4. The molecule has 1 saturated heterocycles. The van der Waals surface area contributed by atoms with Gasteiger partial charge in [-0.2, -0.15) is 0 Å². The molecule has 0 spiro atoms. The van der Waals surface area contributed by atoms with Gasteiger partial charge in [-0.05, 0) is 24.3 Å². The molecule has 1 aliphatic carbocycles. The molecule has 3 aromatic rings. The number of nitrogens with one attached hydrogen (secondary N) is 1. The average molecular weight is 452 g/mol. The molecule has 9 heteroatoms. The number of hydrogen-bond donors (Lipinski definition) is 2. The molecule has 2 aliphatic rings. The molecule has 0 radical (unpaired) electrons. The molecule has 8 nitrogen and oxygen atoms in total. The number of primary amides is 1. The van der Waals surface area contributed by atoms with Crippen LogP contribution in [0.5, 0.6) is 0 Å². The summed E-state index contributed by atoms with van der Waals surface area (Å²) in [6.45, 7) is -0.0199. The Morgan fingerprint density at radius 2 is 1.82 bits per heavy atom. The Morgan fingerprint density at radius 3 is 2.45 bits per heavy atom. The third kappa shape index (κ3) is 3.81. The smallest absolute Gasteiger partial charge is 0.273 e. The number of nitrogens with two attached hydrogens (primary N) is 1. The summed E-state index contributed by atoms with van der Waals surface area (Å²) in [6.07, 6.45) is 6.16. The van der Waals surface area contributed by atoms with Gasteiger partial charge >= 0.3 is 0 Å². The lowest BCUT2D eigenvalue weighted by molar-refractivity contribution is 0.0452. The first kappa shape index (κ1) is 21.4. The molecule has 0 bridgehead atoms. The monoisotopic (exact) mass is 451 g/mol. The second-order valence-corrected chi connectivity index (χ2v) is 9.05. The second kappa shape index (κ2) is 8.46. The highest BCUT2D eigenvalue weighted by molar-refractivity contribution is 6.10. The highest BCUT2D eigenvalue weighted by Gasteiger charge is 2.35.